The van der Waals surface area contributed by atoms with Gasteiger partial charge >= 0.3 is 0 Å². The highest BCUT2D eigenvalue weighted by atomic mass is 32.2. The number of rotatable bonds is 7. The average molecular weight is 415 g/mol. The molecule has 1 amide bonds. The minimum Gasteiger partial charge on any atom is -0.347 e. The maximum Gasteiger partial charge on any atom is 0.273 e. The van der Waals surface area contributed by atoms with Crippen molar-refractivity contribution < 1.29 is 4.79 Å². The SMILES string of the molecule is CSc1cccc(CNC(=O)c2cn(C(c3ccccc3)c3ccccc3)nn2)c1. The number of carbonyl (C=O) groups excluding carboxylic acids is 1. The number of hydrogen-bond donors (Lipinski definition) is 1. The Hall–Kier alpha value is -3.38. The van der Waals surface area contributed by atoms with Crippen molar-refractivity contribution in [2.24, 2.45) is 0 Å². The normalized spacial score (nSPS) is 10.9. The van der Waals surface area contributed by atoms with E-state index < -0.39 is 0 Å². The largest absolute Gasteiger partial charge is 0.347 e. The molecule has 0 aliphatic carbocycles. The second-order valence-corrected chi connectivity index (χ2v) is 7.72. The van der Waals surface area contributed by atoms with Gasteiger partial charge in [0.15, 0.2) is 5.69 Å². The topological polar surface area (TPSA) is 59.8 Å². The van der Waals surface area contributed by atoms with Crippen LogP contribution in [0.15, 0.2) is 96.0 Å². The Morgan fingerprint density at radius 2 is 1.63 bits per heavy atom. The molecule has 3 aromatic carbocycles. The van der Waals surface area contributed by atoms with E-state index in [2.05, 4.69) is 52.0 Å². The molecular weight excluding hydrogens is 392 g/mol. The fourth-order valence-electron chi connectivity index (χ4n) is 3.33. The minimum absolute atomic E-state index is 0.153. The molecule has 4 rings (SSSR count). The van der Waals surface area contributed by atoms with Crippen LogP contribution in [-0.4, -0.2) is 27.2 Å². The fraction of sp³-hybridized carbons (Fsp3) is 0.125. The van der Waals surface area contributed by atoms with Crippen molar-refractivity contribution in [3.05, 3.63) is 114 Å². The van der Waals surface area contributed by atoms with Gasteiger partial charge in [-0.15, -0.1) is 16.9 Å². The molecule has 150 valence electrons. The minimum atomic E-state index is -0.240. The van der Waals surface area contributed by atoms with Crippen LogP contribution < -0.4 is 5.32 Å². The van der Waals surface area contributed by atoms with Gasteiger partial charge in [-0.05, 0) is 35.1 Å². The molecule has 0 saturated carbocycles. The lowest BCUT2D eigenvalue weighted by molar-refractivity contribution is 0.0946. The van der Waals surface area contributed by atoms with Crippen LogP contribution in [0.2, 0.25) is 0 Å². The maximum atomic E-state index is 12.6. The van der Waals surface area contributed by atoms with Crippen LogP contribution in [0, 0.1) is 0 Å². The molecule has 0 unspecified atom stereocenters. The smallest absolute Gasteiger partial charge is 0.273 e. The van der Waals surface area contributed by atoms with Crippen molar-refractivity contribution in [3.8, 4) is 0 Å². The third kappa shape index (κ3) is 4.60. The number of nitrogens with zero attached hydrogens (tertiary/aromatic N) is 3. The first-order valence-electron chi connectivity index (χ1n) is 9.67. The summed E-state index contributed by atoms with van der Waals surface area (Å²) in [4.78, 5) is 13.8. The monoisotopic (exact) mass is 414 g/mol. The summed E-state index contributed by atoms with van der Waals surface area (Å²) in [6, 6.07) is 28.1. The van der Waals surface area contributed by atoms with Gasteiger partial charge in [0.25, 0.3) is 5.91 Å². The van der Waals surface area contributed by atoms with Crippen molar-refractivity contribution in [3.63, 3.8) is 0 Å². The second kappa shape index (κ2) is 9.41. The highest BCUT2D eigenvalue weighted by molar-refractivity contribution is 7.98. The molecule has 0 bridgehead atoms. The first kappa shape index (κ1) is 19.9. The predicted octanol–water partition coefficient (Wildman–Crippen LogP) is 4.57. The molecule has 0 radical (unpaired) electrons. The van der Waals surface area contributed by atoms with Gasteiger partial charge in [0.1, 0.15) is 6.04 Å². The van der Waals surface area contributed by atoms with Crippen molar-refractivity contribution in [2.45, 2.75) is 17.5 Å². The summed E-state index contributed by atoms with van der Waals surface area (Å²) in [6.07, 6.45) is 3.74. The Bertz CT molecular complexity index is 1070. The summed E-state index contributed by atoms with van der Waals surface area (Å²) < 4.78 is 1.74. The molecule has 0 saturated heterocycles. The highest BCUT2D eigenvalue weighted by Crippen LogP contribution is 2.25. The van der Waals surface area contributed by atoms with E-state index in [0.717, 1.165) is 16.7 Å². The zero-order chi connectivity index (χ0) is 20.8. The molecule has 1 heterocycles. The summed E-state index contributed by atoms with van der Waals surface area (Å²) in [5.41, 5.74) is 3.51. The number of nitrogens with one attached hydrogen (secondary N) is 1. The van der Waals surface area contributed by atoms with Gasteiger partial charge in [0.2, 0.25) is 0 Å². The molecule has 1 N–H and O–H groups in total. The van der Waals surface area contributed by atoms with Gasteiger partial charge in [-0.2, -0.15) is 0 Å². The van der Waals surface area contributed by atoms with E-state index >= 15 is 0 Å². The molecule has 30 heavy (non-hydrogen) atoms. The molecule has 0 aliphatic heterocycles. The van der Waals surface area contributed by atoms with Gasteiger partial charge in [0, 0.05) is 11.4 Å². The molecule has 1 aromatic heterocycles. The number of aromatic nitrogens is 3. The molecule has 0 spiro atoms. The Balaban J connectivity index is 1.54. The van der Waals surface area contributed by atoms with Gasteiger partial charge < -0.3 is 5.32 Å². The molecule has 6 heteroatoms. The Kier molecular flexibility index (Phi) is 6.25. The van der Waals surface area contributed by atoms with Gasteiger partial charge in [-0.1, -0.05) is 78.0 Å². The molecule has 0 atom stereocenters. The first-order chi connectivity index (χ1) is 14.7. The van der Waals surface area contributed by atoms with Crippen molar-refractivity contribution in [1.82, 2.24) is 20.3 Å². The number of hydrogen-bond acceptors (Lipinski definition) is 4. The van der Waals surface area contributed by atoms with Crippen LogP contribution in [0.3, 0.4) is 0 Å². The van der Waals surface area contributed by atoms with Crippen LogP contribution in [0.1, 0.15) is 33.2 Å². The van der Waals surface area contributed by atoms with Crippen molar-refractivity contribution >= 4 is 17.7 Å². The number of amides is 1. The maximum absolute atomic E-state index is 12.6. The van der Waals surface area contributed by atoms with Crippen LogP contribution >= 0.6 is 11.8 Å². The Morgan fingerprint density at radius 1 is 0.967 bits per heavy atom. The van der Waals surface area contributed by atoms with Crippen LogP contribution in [-0.2, 0) is 6.54 Å². The molecule has 0 aliphatic rings. The summed E-state index contributed by atoms with van der Waals surface area (Å²) in [5.74, 6) is -0.240. The van der Waals surface area contributed by atoms with E-state index in [1.807, 2.05) is 54.8 Å². The molecule has 0 fully saturated rings. The van der Waals surface area contributed by atoms with Gasteiger partial charge in [-0.25, -0.2) is 4.68 Å². The number of benzene rings is 3. The third-order valence-corrected chi connectivity index (χ3v) is 5.55. The molecular formula is C24H22N4OS. The molecule has 5 nitrogen and oxygen atoms in total. The quantitative estimate of drug-likeness (QED) is 0.450. The van der Waals surface area contributed by atoms with E-state index in [0.29, 0.717) is 12.2 Å². The Morgan fingerprint density at radius 3 is 2.27 bits per heavy atom. The van der Waals surface area contributed by atoms with E-state index in [4.69, 9.17) is 0 Å². The van der Waals surface area contributed by atoms with Crippen molar-refractivity contribution in [2.75, 3.05) is 6.26 Å². The van der Waals surface area contributed by atoms with E-state index in [-0.39, 0.29) is 11.9 Å². The summed E-state index contributed by atoms with van der Waals surface area (Å²) >= 11 is 1.68. The van der Waals surface area contributed by atoms with Crippen molar-refractivity contribution in [1.29, 1.82) is 0 Å². The predicted molar refractivity (Wildman–Crippen MR) is 120 cm³/mol. The summed E-state index contributed by atoms with van der Waals surface area (Å²) in [5, 5.41) is 11.3. The summed E-state index contributed by atoms with van der Waals surface area (Å²) in [6.45, 7) is 0.445. The lowest BCUT2D eigenvalue weighted by Gasteiger charge is -2.17. The number of thioether (sulfide) groups is 1. The lowest BCUT2D eigenvalue weighted by atomic mass is 9.99. The van der Waals surface area contributed by atoms with Crippen LogP contribution in [0.5, 0.6) is 0 Å². The van der Waals surface area contributed by atoms with Crippen LogP contribution in [0.25, 0.3) is 0 Å². The standard InChI is InChI=1S/C24H22N4OS/c1-30-21-14-8-9-18(15-21)16-25-24(29)22-17-28(27-26-22)23(19-10-4-2-5-11-19)20-12-6-3-7-13-20/h2-15,17,23H,16H2,1H3,(H,25,29). The highest BCUT2D eigenvalue weighted by Gasteiger charge is 2.20. The molecule has 4 aromatic rings. The average Bonchev–Trinajstić information content (AvgIpc) is 3.29. The van der Waals surface area contributed by atoms with Crippen LogP contribution in [0.4, 0.5) is 0 Å². The van der Waals surface area contributed by atoms with Gasteiger partial charge in [0.05, 0.1) is 6.20 Å². The van der Waals surface area contributed by atoms with E-state index in [1.54, 1.807) is 22.6 Å². The van der Waals surface area contributed by atoms with E-state index in [1.165, 1.54) is 4.90 Å². The fourth-order valence-corrected chi connectivity index (χ4v) is 3.81. The lowest BCUT2D eigenvalue weighted by Crippen LogP contribution is -2.23. The zero-order valence-corrected chi connectivity index (χ0v) is 17.4. The third-order valence-electron chi connectivity index (χ3n) is 4.83. The van der Waals surface area contributed by atoms with E-state index in [9.17, 15) is 4.79 Å². The summed E-state index contributed by atoms with van der Waals surface area (Å²) in [7, 11) is 0. The van der Waals surface area contributed by atoms with Gasteiger partial charge in [-0.3, -0.25) is 4.79 Å². The number of carbonyl (C=O) groups is 1. The second-order valence-electron chi connectivity index (χ2n) is 6.84. The Labute approximate surface area is 180 Å². The zero-order valence-electron chi connectivity index (χ0n) is 16.6. The first-order valence-corrected chi connectivity index (χ1v) is 10.9.